The van der Waals surface area contributed by atoms with Crippen LogP contribution in [-0.4, -0.2) is 52.3 Å². The molecule has 0 aliphatic heterocycles. The van der Waals surface area contributed by atoms with Crippen LogP contribution in [0.5, 0.6) is 11.5 Å². The molecule has 1 aromatic carbocycles. The van der Waals surface area contributed by atoms with E-state index in [4.69, 9.17) is 18.6 Å². The lowest BCUT2D eigenvalue weighted by molar-refractivity contribution is -0.147. The van der Waals surface area contributed by atoms with Crippen molar-refractivity contribution < 1.29 is 36.6 Å². The number of nitrogens with zero attached hydrogens (tertiary/aromatic N) is 1. The highest BCUT2D eigenvalue weighted by atomic mass is 32.2. The summed E-state index contributed by atoms with van der Waals surface area (Å²) in [6.07, 6.45) is 0. The summed E-state index contributed by atoms with van der Waals surface area (Å²) < 4.78 is 45.6. The third-order valence-corrected chi connectivity index (χ3v) is 5.35. The van der Waals surface area contributed by atoms with E-state index >= 15 is 0 Å². The minimum atomic E-state index is -3.69. The van der Waals surface area contributed by atoms with Crippen LogP contribution in [0, 0.1) is 0 Å². The first-order valence-corrected chi connectivity index (χ1v) is 9.57. The molecule has 1 heterocycles. The van der Waals surface area contributed by atoms with E-state index in [9.17, 15) is 18.0 Å². The molecule has 2 aromatic rings. The van der Waals surface area contributed by atoms with Crippen LogP contribution in [0.2, 0.25) is 0 Å². The van der Waals surface area contributed by atoms with Crippen LogP contribution in [0.3, 0.4) is 0 Å². The van der Waals surface area contributed by atoms with E-state index in [1.165, 1.54) is 52.4 Å². The van der Waals surface area contributed by atoms with E-state index in [1.54, 1.807) is 6.07 Å². The zero-order valence-electron chi connectivity index (χ0n) is 15.9. The quantitative estimate of drug-likeness (QED) is 0.454. The van der Waals surface area contributed by atoms with Gasteiger partial charge in [-0.25, -0.2) is 17.5 Å². The summed E-state index contributed by atoms with van der Waals surface area (Å²) in [4.78, 5) is 23.3. The van der Waals surface area contributed by atoms with Gasteiger partial charge in [-0.2, -0.15) is 0 Å². The Morgan fingerprint density at radius 3 is 2.43 bits per heavy atom. The molecule has 9 nitrogen and oxygen atoms in total. The number of carbonyl (C=O) groups is 2. The Morgan fingerprint density at radius 2 is 1.82 bits per heavy atom. The first-order valence-electron chi connectivity index (χ1n) is 8.13. The Hall–Kier alpha value is -2.85. The maximum absolute atomic E-state index is 11.9. The van der Waals surface area contributed by atoms with Crippen molar-refractivity contribution in [1.29, 1.82) is 0 Å². The van der Waals surface area contributed by atoms with Gasteiger partial charge in [-0.3, -0.25) is 4.79 Å². The van der Waals surface area contributed by atoms with Gasteiger partial charge in [-0.05, 0) is 37.3 Å². The highest BCUT2D eigenvalue weighted by Gasteiger charge is 2.22. The number of carbonyl (C=O) groups excluding carboxylic acids is 2. The first-order chi connectivity index (χ1) is 13.1. The molecule has 0 aliphatic carbocycles. The normalized spacial score (nSPS) is 11.3. The number of methoxy groups -OCH3 is 1. The molecule has 0 bridgehead atoms. The molecule has 152 valence electrons. The molecule has 0 saturated carbocycles. The number of Topliss-reactive ketones (excluding diaryl/α,β-unsaturated/α-hetero) is 1. The number of benzene rings is 1. The molecular weight excluding hydrogens is 390 g/mol. The van der Waals surface area contributed by atoms with E-state index in [2.05, 4.69) is 0 Å². The van der Waals surface area contributed by atoms with E-state index in [0.29, 0.717) is 11.3 Å². The minimum Gasteiger partial charge on any atom is -0.493 e. The number of ketones is 1. The van der Waals surface area contributed by atoms with Gasteiger partial charge in [0.15, 0.2) is 23.9 Å². The number of esters is 1. The lowest BCUT2D eigenvalue weighted by atomic mass is 10.1. The molecule has 0 aliphatic rings. The van der Waals surface area contributed by atoms with Crippen LogP contribution >= 0.6 is 0 Å². The number of sulfonamides is 1. The van der Waals surface area contributed by atoms with Gasteiger partial charge >= 0.3 is 5.97 Å². The molecule has 0 unspecified atom stereocenters. The lowest BCUT2D eigenvalue weighted by Crippen LogP contribution is -2.21. The Labute approximate surface area is 162 Å². The average molecular weight is 411 g/mol. The number of ether oxygens (including phenoxy) is 3. The summed E-state index contributed by atoms with van der Waals surface area (Å²) in [6.45, 7) is 0.779. The molecule has 0 atom stereocenters. The molecule has 0 N–H and O–H groups in total. The summed E-state index contributed by atoms with van der Waals surface area (Å²) in [5.74, 6) is -0.0477. The number of furan rings is 1. The molecule has 0 spiro atoms. The Bertz CT molecular complexity index is 962. The van der Waals surface area contributed by atoms with Crippen molar-refractivity contribution in [2.45, 2.75) is 18.6 Å². The Morgan fingerprint density at radius 1 is 1.11 bits per heavy atom. The van der Waals surface area contributed by atoms with Crippen molar-refractivity contribution in [1.82, 2.24) is 4.31 Å². The second-order valence-corrected chi connectivity index (χ2v) is 7.96. The summed E-state index contributed by atoms with van der Waals surface area (Å²) in [7, 11) is 0.485. The Kier molecular flexibility index (Phi) is 6.81. The fourth-order valence-electron chi connectivity index (χ4n) is 2.09. The topological polar surface area (TPSA) is 112 Å². The maximum atomic E-state index is 11.9. The van der Waals surface area contributed by atoms with Crippen molar-refractivity contribution in [3.63, 3.8) is 0 Å². The lowest BCUT2D eigenvalue weighted by Gasteiger charge is -2.11. The van der Waals surface area contributed by atoms with Crippen LogP contribution in [0.4, 0.5) is 0 Å². The van der Waals surface area contributed by atoms with E-state index in [-0.39, 0.29) is 29.0 Å². The largest absolute Gasteiger partial charge is 0.493 e. The molecule has 10 heteroatoms. The molecule has 0 radical (unpaired) electrons. The molecule has 0 fully saturated rings. The van der Waals surface area contributed by atoms with E-state index < -0.39 is 22.6 Å². The average Bonchev–Trinajstić information content (AvgIpc) is 3.14. The summed E-state index contributed by atoms with van der Waals surface area (Å²) in [5.41, 5.74) is 0.452. The predicted molar refractivity (Wildman–Crippen MR) is 97.9 cm³/mol. The molecule has 0 amide bonds. The highest BCUT2D eigenvalue weighted by molar-refractivity contribution is 7.88. The smallest absolute Gasteiger partial charge is 0.344 e. The second kappa shape index (κ2) is 8.89. The van der Waals surface area contributed by atoms with Gasteiger partial charge in [0.05, 0.1) is 7.11 Å². The summed E-state index contributed by atoms with van der Waals surface area (Å²) in [6, 6.07) is 7.29. The van der Waals surface area contributed by atoms with Gasteiger partial charge in [0.1, 0.15) is 12.4 Å². The van der Waals surface area contributed by atoms with Gasteiger partial charge in [-0.1, -0.05) is 0 Å². The van der Waals surface area contributed by atoms with Crippen LogP contribution in [0.25, 0.3) is 0 Å². The standard InChI is InChI=1S/C18H21NO8S/c1-12(20)13-5-7-15(16(9-13)24-4)25-11-17(21)26-10-14-6-8-18(27-14)28(22,23)19(2)3/h5-9H,10-11H2,1-4H3. The van der Waals surface area contributed by atoms with E-state index in [0.717, 1.165) is 4.31 Å². The number of rotatable bonds is 9. The van der Waals surface area contributed by atoms with Gasteiger partial charge in [0, 0.05) is 19.7 Å². The zero-order chi connectivity index (χ0) is 20.9. The van der Waals surface area contributed by atoms with Crippen molar-refractivity contribution >= 4 is 21.8 Å². The first kappa shape index (κ1) is 21.5. The minimum absolute atomic E-state index is 0.127. The summed E-state index contributed by atoms with van der Waals surface area (Å²) >= 11 is 0. The summed E-state index contributed by atoms with van der Waals surface area (Å²) in [5, 5.41) is -0.241. The van der Waals surface area contributed by atoms with Gasteiger partial charge in [0.2, 0.25) is 5.09 Å². The molecule has 28 heavy (non-hydrogen) atoms. The maximum Gasteiger partial charge on any atom is 0.344 e. The van der Waals surface area contributed by atoms with Gasteiger partial charge < -0.3 is 18.6 Å². The van der Waals surface area contributed by atoms with Crippen molar-refractivity contribution in [2.75, 3.05) is 27.8 Å². The van der Waals surface area contributed by atoms with Crippen LogP contribution in [-0.2, 0) is 26.2 Å². The van der Waals surface area contributed by atoms with E-state index in [1.807, 2.05) is 0 Å². The third kappa shape index (κ3) is 5.11. The fourth-order valence-corrected chi connectivity index (χ4v) is 2.90. The second-order valence-electron chi connectivity index (χ2n) is 5.88. The SMILES string of the molecule is COc1cc(C(C)=O)ccc1OCC(=O)OCc1ccc(S(=O)(=O)N(C)C)o1. The monoisotopic (exact) mass is 411 g/mol. The van der Waals surface area contributed by atoms with Crippen LogP contribution < -0.4 is 9.47 Å². The Balaban J connectivity index is 1.92. The molecular formula is C18H21NO8S. The fraction of sp³-hybridized carbons (Fsp3) is 0.333. The molecule has 1 aromatic heterocycles. The number of hydrogen-bond acceptors (Lipinski definition) is 8. The van der Waals surface area contributed by atoms with Crippen LogP contribution in [0.15, 0.2) is 39.8 Å². The highest BCUT2D eigenvalue weighted by Crippen LogP contribution is 2.28. The zero-order valence-corrected chi connectivity index (χ0v) is 16.7. The predicted octanol–water partition coefficient (Wildman–Crippen LogP) is 1.86. The van der Waals surface area contributed by atoms with Crippen LogP contribution in [0.1, 0.15) is 23.0 Å². The third-order valence-electron chi connectivity index (χ3n) is 3.66. The van der Waals surface area contributed by atoms with Gasteiger partial charge in [-0.15, -0.1) is 0 Å². The van der Waals surface area contributed by atoms with Crippen molar-refractivity contribution in [3.05, 3.63) is 41.7 Å². The van der Waals surface area contributed by atoms with Crippen molar-refractivity contribution in [3.8, 4) is 11.5 Å². The van der Waals surface area contributed by atoms with Crippen molar-refractivity contribution in [2.24, 2.45) is 0 Å². The molecule has 2 rings (SSSR count). The van der Waals surface area contributed by atoms with Gasteiger partial charge in [0.25, 0.3) is 10.0 Å². The number of hydrogen-bond donors (Lipinski definition) is 0. The molecule has 0 saturated heterocycles.